The molecule has 0 aliphatic heterocycles. The van der Waals surface area contributed by atoms with E-state index < -0.39 is 5.60 Å². The van der Waals surface area contributed by atoms with E-state index in [0.29, 0.717) is 12.8 Å². The third-order valence-corrected chi connectivity index (χ3v) is 4.54. The predicted molar refractivity (Wildman–Crippen MR) is 76.3 cm³/mol. The molecule has 2 nitrogen and oxygen atoms in total. The lowest BCUT2D eigenvalue weighted by atomic mass is 9.58. The number of rotatable bonds is 4. The summed E-state index contributed by atoms with van der Waals surface area (Å²) < 4.78 is 0. The van der Waals surface area contributed by atoms with Crippen LogP contribution in [0.5, 0.6) is 0 Å². The molecule has 1 aliphatic carbocycles. The molecule has 0 aromatic carbocycles. The second-order valence-corrected chi connectivity index (χ2v) is 6.45. The van der Waals surface area contributed by atoms with Gasteiger partial charge < -0.3 is 10.2 Å². The number of aliphatic hydroxyl groups is 2. The van der Waals surface area contributed by atoms with Crippen LogP contribution in [0.3, 0.4) is 0 Å². The standard InChI is InChI=1S/C16H28O2/c1-6-13-15(4,10-7-8-12(2)3)14(17)9-11-16(13,5)18/h6,8,13-14,17-18H,1,7,9-11H2,2-5H3/t13-,14-,15-,16-/m0/s1. The Labute approximate surface area is 111 Å². The van der Waals surface area contributed by atoms with Crippen LogP contribution in [-0.2, 0) is 0 Å². The van der Waals surface area contributed by atoms with Gasteiger partial charge in [-0.2, -0.15) is 0 Å². The van der Waals surface area contributed by atoms with Gasteiger partial charge in [0.1, 0.15) is 0 Å². The van der Waals surface area contributed by atoms with Crippen molar-refractivity contribution in [2.24, 2.45) is 11.3 Å². The van der Waals surface area contributed by atoms with Crippen molar-refractivity contribution in [2.45, 2.75) is 65.1 Å². The summed E-state index contributed by atoms with van der Waals surface area (Å²) in [6, 6.07) is 0. The first-order valence-corrected chi connectivity index (χ1v) is 6.90. The lowest BCUT2D eigenvalue weighted by Gasteiger charge is -2.51. The summed E-state index contributed by atoms with van der Waals surface area (Å²) in [6.07, 6.45) is 6.80. The molecule has 0 aromatic heterocycles. The molecule has 0 bridgehead atoms. The van der Waals surface area contributed by atoms with Crippen LogP contribution in [0, 0.1) is 11.3 Å². The minimum absolute atomic E-state index is 0.0562. The normalized spacial score (nSPS) is 40.3. The Morgan fingerprint density at radius 2 is 2.00 bits per heavy atom. The number of hydrogen-bond donors (Lipinski definition) is 2. The summed E-state index contributed by atoms with van der Waals surface area (Å²) in [7, 11) is 0. The molecule has 1 aliphatic rings. The summed E-state index contributed by atoms with van der Waals surface area (Å²) in [5.41, 5.74) is 0.265. The Kier molecular flexibility index (Phi) is 4.79. The maximum Gasteiger partial charge on any atom is 0.0689 e. The Morgan fingerprint density at radius 1 is 1.39 bits per heavy atom. The van der Waals surface area contributed by atoms with E-state index in [-0.39, 0.29) is 17.4 Å². The van der Waals surface area contributed by atoms with E-state index in [1.165, 1.54) is 5.57 Å². The van der Waals surface area contributed by atoms with E-state index >= 15 is 0 Å². The maximum absolute atomic E-state index is 10.5. The van der Waals surface area contributed by atoms with Gasteiger partial charge >= 0.3 is 0 Å². The molecule has 2 heteroatoms. The second kappa shape index (κ2) is 5.58. The van der Waals surface area contributed by atoms with E-state index in [2.05, 4.69) is 33.4 Å². The zero-order chi connectivity index (χ0) is 14.0. The van der Waals surface area contributed by atoms with E-state index in [9.17, 15) is 10.2 Å². The lowest BCUT2D eigenvalue weighted by Crippen LogP contribution is -2.54. The van der Waals surface area contributed by atoms with Crippen LogP contribution < -0.4 is 0 Å². The van der Waals surface area contributed by atoms with Crippen molar-refractivity contribution >= 4 is 0 Å². The van der Waals surface area contributed by atoms with E-state index in [1.807, 2.05) is 13.0 Å². The van der Waals surface area contributed by atoms with Gasteiger partial charge in [-0.05, 0) is 46.5 Å². The Bertz CT molecular complexity index is 326. The zero-order valence-electron chi connectivity index (χ0n) is 12.2. The fourth-order valence-corrected chi connectivity index (χ4v) is 3.35. The summed E-state index contributed by atoms with van der Waals surface area (Å²) in [5.74, 6) is -0.0562. The minimum Gasteiger partial charge on any atom is -0.393 e. The molecule has 0 amide bonds. The molecule has 18 heavy (non-hydrogen) atoms. The number of aliphatic hydroxyl groups excluding tert-OH is 1. The molecule has 0 heterocycles. The Hall–Kier alpha value is -0.600. The van der Waals surface area contributed by atoms with Gasteiger partial charge in [0, 0.05) is 11.3 Å². The van der Waals surface area contributed by atoms with Gasteiger partial charge in [0.25, 0.3) is 0 Å². The topological polar surface area (TPSA) is 40.5 Å². The van der Waals surface area contributed by atoms with Crippen LogP contribution >= 0.6 is 0 Å². The van der Waals surface area contributed by atoms with Gasteiger partial charge in [-0.3, -0.25) is 0 Å². The largest absolute Gasteiger partial charge is 0.393 e. The molecule has 4 atom stereocenters. The number of allylic oxidation sites excluding steroid dienone is 2. The van der Waals surface area contributed by atoms with Crippen LogP contribution in [0.1, 0.15) is 53.4 Å². The first-order valence-electron chi connectivity index (χ1n) is 6.90. The van der Waals surface area contributed by atoms with Crippen LogP contribution in [0.2, 0.25) is 0 Å². The van der Waals surface area contributed by atoms with E-state index in [4.69, 9.17) is 0 Å². The highest BCUT2D eigenvalue weighted by Gasteiger charge is 2.50. The summed E-state index contributed by atoms with van der Waals surface area (Å²) in [4.78, 5) is 0. The average molecular weight is 252 g/mol. The fourth-order valence-electron chi connectivity index (χ4n) is 3.35. The van der Waals surface area contributed by atoms with Gasteiger partial charge in [0.15, 0.2) is 0 Å². The van der Waals surface area contributed by atoms with Crippen molar-refractivity contribution in [3.63, 3.8) is 0 Å². The number of hydrogen-bond acceptors (Lipinski definition) is 2. The van der Waals surface area contributed by atoms with E-state index in [1.54, 1.807) is 0 Å². The quantitative estimate of drug-likeness (QED) is 0.752. The van der Waals surface area contributed by atoms with Crippen LogP contribution in [-0.4, -0.2) is 21.9 Å². The van der Waals surface area contributed by atoms with Gasteiger partial charge in [0.05, 0.1) is 11.7 Å². The van der Waals surface area contributed by atoms with Crippen molar-refractivity contribution in [3.05, 3.63) is 24.3 Å². The molecule has 0 radical (unpaired) electrons. The van der Waals surface area contributed by atoms with Crippen LogP contribution in [0.25, 0.3) is 0 Å². The molecule has 1 rings (SSSR count). The molecular formula is C16H28O2. The molecule has 104 valence electrons. The molecule has 1 fully saturated rings. The van der Waals surface area contributed by atoms with Gasteiger partial charge in [0.2, 0.25) is 0 Å². The lowest BCUT2D eigenvalue weighted by molar-refractivity contribution is -0.134. The van der Waals surface area contributed by atoms with Crippen LogP contribution in [0.4, 0.5) is 0 Å². The van der Waals surface area contributed by atoms with E-state index in [0.717, 1.165) is 12.8 Å². The monoisotopic (exact) mass is 252 g/mol. The maximum atomic E-state index is 10.5. The molecular weight excluding hydrogens is 224 g/mol. The highest BCUT2D eigenvalue weighted by Crippen LogP contribution is 2.49. The van der Waals surface area contributed by atoms with Gasteiger partial charge in [-0.15, -0.1) is 6.58 Å². The Morgan fingerprint density at radius 3 is 2.50 bits per heavy atom. The highest BCUT2D eigenvalue weighted by molar-refractivity contribution is 5.09. The minimum atomic E-state index is -0.749. The predicted octanol–water partition coefficient (Wildman–Crippen LogP) is 3.45. The van der Waals surface area contributed by atoms with Crippen molar-refractivity contribution in [2.75, 3.05) is 0 Å². The van der Waals surface area contributed by atoms with Gasteiger partial charge in [-0.25, -0.2) is 0 Å². The summed E-state index contributed by atoms with van der Waals surface area (Å²) in [5, 5.41) is 20.8. The SMILES string of the molecule is C=C[C@H]1[C@](C)(CCC=C(C)C)[C@@H](O)CC[C@]1(C)O. The summed E-state index contributed by atoms with van der Waals surface area (Å²) >= 11 is 0. The van der Waals surface area contributed by atoms with Crippen LogP contribution in [0.15, 0.2) is 24.3 Å². The highest BCUT2D eigenvalue weighted by atomic mass is 16.3. The molecule has 0 aromatic rings. The molecule has 1 saturated carbocycles. The molecule has 0 saturated heterocycles. The fraction of sp³-hybridized carbons (Fsp3) is 0.750. The first-order chi connectivity index (χ1) is 8.24. The third-order valence-electron chi connectivity index (χ3n) is 4.54. The first kappa shape index (κ1) is 15.5. The zero-order valence-corrected chi connectivity index (χ0v) is 12.2. The van der Waals surface area contributed by atoms with Crippen molar-refractivity contribution in [3.8, 4) is 0 Å². The second-order valence-electron chi connectivity index (χ2n) is 6.45. The average Bonchev–Trinajstić information content (AvgIpc) is 2.24. The molecule has 0 unspecified atom stereocenters. The molecule has 2 N–H and O–H groups in total. The summed E-state index contributed by atoms with van der Waals surface area (Å²) in [6.45, 7) is 12.0. The smallest absolute Gasteiger partial charge is 0.0689 e. The Balaban J connectivity index is 2.91. The van der Waals surface area contributed by atoms with Crippen molar-refractivity contribution in [1.29, 1.82) is 0 Å². The molecule has 0 spiro atoms. The van der Waals surface area contributed by atoms with Crippen molar-refractivity contribution < 1.29 is 10.2 Å². The van der Waals surface area contributed by atoms with Gasteiger partial charge in [-0.1, -0.05) is 24.6 Å². The van der Waals surface area contributed by atoms with Crippen molar-refractivity contribution in [1.82, 2.24) is 0 Å². The third kappa shape index (κ3) is 3.04.